The highest BCUT2D eigenvalue weighted by atomic mass is 16.7. The van der Waals surface area contributed by atoms with Gasteiger partial charge in [-0.3, -0.25) is 0 Å². The van der Waals surface area contributed by atoms with Crippen LogP contribution >= 0.6 is 0 Å². The van der Waals surface area contributed by atoms with E-state index >= 15 is 0 Å². The number of carbonyl (C=O) groups is 1. The molecule has 0 bridgehead atoms. The lowest BCUT2D eigenvalue weighted by Gasteiger charge is -2.09. The summed E-state index contributed by atoms with van der Waals surface area (Å²) < 4.78 is 9.36. The second kappa shape index (κ2) is 4.99. The van der Waals surface area contributed by atoms with Crippen molar-refractivity contribution in [1.29, 1.82) is 0 Å². The molecular weight excluding hydrogens is 132 g/mol. The standard InChI is InChI=1S/C7H11O3/c1-4-7(8)10-6(3)9-5-2/h4,6H,1,3,5H2,2H3. The van der Waals surface area contributed by atoms with E-state index in [9.17, 15) is 4.79 Å². The molecule has 0 aliphatic carbocycles. The van der Waals surface area contributed by atoms with Gasteiger partial charge < -0.3 is 9.47 Å². The molecule has 0 amide bonds. The van der Waals surface area contributed by atoms with E-state index in [0.29, 0.717) is 6.61 Å². The molecule has 1 unspecified atom stereocenters. The van der Waals surface area contributed by atoms with Crippen molar-refractivity contribution in [3.05, 3.63) is 19.6 Å². The van der Waals surface area contributed by atoms with Crippen molar-refractivity contribution >= 4 is 5.97 Å². The largest absolute Gasteiger partial charge is 0.433 e. The summed E-state index contributed by atoms with van der Waals surface area (Å²) in [6.45, 7) is 8.88. The lowest BCUT2D eigenvalue weighted by molar-refractivity contribution is -0.162. The molecule has 0 fully saturated rings. The molecule has 0 saturated heterocycles. The third kappa shape index (κ3) is 4.09. The van der Waals surface area contributed by atoms with Crippen molar-refractivity contribution in [2.75, 3.05) is 6.61 Å². The zero-order valence-electron chi connectivity index (χ0n) is 6.00. The van der Waals surface area contributed by atoms with Gasteiger partial charge in [0.25, 0.3) is 0 Å². The predicted molar refractivity (Wildman–Crippen MR) is 37.1 cm³/mol. The van der Waals surface area contributed by atoms with Crippen molar-refractivity contribution in [2.24, 2.45) is 0 Å². The van der Waals surface area contributed by atoms with E-state index in [-0.39, 0.29) is 0 Å². The van der Waals surface area contributed by atoms with Crippen LogP contribution in [0.15, 0.2) is 12.7 Å². The predicted octanol–water partition coefficient (Wildman–Crippen LogP) is 0.912. The summed E-state index contributed by atoms with van der Waals surface area (Å²) in [5.41, 5.74) is 0. The number of hydrogen-bond donors (Lipinski definition) is 0. The van der Waals surface area contributed by atoms with Crippen molar-refractivity contribution in [3.63, 3.8) is 0 Å². The minimum absolute atomic E-state index is 0.471. The smallest absolute Gasteiger partial charge is 0.332 e. The number of esters is 1. The quantitative estimate of drug-likeness (QED) is 0.333. The number of hydrogen-bond acceptors (Lipinski definition) is 3. The van der Waals surface area contributed by atoms with Gasteiger partial charge >= 0.3 is 5.97 Å². The average Bonchev–Trinajstić information content (AvgIpc) is 1.88. The van der Waals surface area contributed by atoms with Crippen LogP contribution in [0.5, 0.6) is 0 Å². The summed E-state index contributed by atoms with van der Waals surface area (Å²) in [6.07, 6.45) is 0.340. The summed E-state index contributed by atoms with van der Waals surface area (Å²) >= 11 is 0. The first-order chi connectivity index (χ1) is 4.70. The number of rotatable bonds is 4. The van der Waals surface area contributed by atoms with Crippen LogP contribution in [-0.4, -0.2) is 18.9 Å². The first kappa shape index (κ1) is 9.17. The molecule has 10 heavy (non-hydrogen) atoms. The highest BCUT2D eigenvalue weighted by Crippen LogP contribution is 1.92. The van der Waals surface area contributed by atoms with E-state index in [2.05, 4.69) is 18.2 Å². The van der Waals surface area contributed by atoms with Crippen LogP contribution in [0.25, 0.3) is 0 Å². The van der Waals surface area contributed by atoms with E-state index in [0.717, 1.165) is 6.08 Å². The Hall–Kier alpha value is -0.830. The van der Waals surface area contributed by atoms with Gasteiger partial charge in [-0.2, -0.15) is 0 Å². The summed E-state index contributed by atoms with van der Waals surface area (Å²) in [7, 11) is 0. The minimum Gasteiger partial charge on any atom is -0.433 e. The monoisotopic (exact) mass is 143 g/mol. The van der Waals surface area contributed by atoms with Crippen LogP contribution in [0.3, 0.4) is 0 Å². The van der Waals surface area contributed by atoms with Gasteiger partial charge in [-0.25, -0.2) is 4.79 Å². The van der Waals surface area contributed by atoms with Crippen LogP contribution in [0.2, 0.25) is 0 Å². The van der Waals surface area contributed by atoms with E-state index in [1.54, 1.807) is 6.92 Å². The Labute approximate surface area is 60.6 Å². The van der Waals surface area contributed by atoms with Crippen LogP contribution in [0, 0.1) is 6.92 Å². The minimum atomic E-state index is -0.726. The Kier molecular flexibility index (Phi) is 4.58. The maximum absolute atomic E-state index is 10.4. The van der Waals surface area contributed by atoms with E-state index in [4.69, 9.17) is 4.74 Å². The molecule has 0 spiro atoms. The Morgan fingerprint density at radius 3 is 2.80 bits per heavy atom. The van der Waals surface area contributed by atoms with E-state index < -0.39 is 12.3 Å². The molecule has 3 nitrogen and oxygen atoms in total. The van der Waals surface area contributed by atoms with Crippen LogP contribution < -0.4 is 0 Å². The molecule has 0 heterocycles. The maximum atomic E-state index is 10.4. The zero-order valence-corrected chi connectivity index (χ0v) is 6.00. The van der Waals surface area contributed by atoms with Crippen molar-refractivity contribution in [1.82, 2.24) is 0 Å². The maximum Gasteiger partial charge on any atom is 0.332 e. The Balaban J connectivity index is 3.46. The van der Waals surface area contributed by atoms with Crippen LogP contribution in [0.4, 0.5) is 0 Å². The molecular formula is C7H11O3. The second-order valence-electron chi connectivity index (χ2n) is 1.53. The topological polar surface area (TPSA) is 35.5 Å². The summed E-state index contributed by atoms with van der Waals surface area (Å²) in [4.78, 5) is 10.4. The molecule has 0 saturated carbocycles. The van der Waals surface area contributed by atoms with Gasteiger partial charge in [-0.15, -0.1) is 0 Å². The lowest BCUT2D eigenvalue weighted by atomic mass is 10.6. The number of ether oxygens (including phenoxy) is 2. The highest BCUT2D eigenvalue weighted by molar-refractivity contribution is 5.81. The van der Waals surface area contributed by atoms with Gasteiger partial charge in [0.1, 0.15) is 0 Å². The molecule has 0 aliphatic rings. The Bertz CT molecular complexity index is 120. The van der Waals surface area contributed by atoms with E-state index in [1.165, 1.54) is 0 Å². The molecule has 0 aromatic rings. The average molecular weight is 143 g/mol. The van der Waals surface area contributed by atoms with Crippen LogP contribution in [0.1, 0.15) is 6.92 Å². The van der Waals surface area contributed by atoms with Gasteiger partial charge in [0.2, 0.25) is 6.29 Å². The normalized spacial score (nSPS) is 12.2. The molecule has 3 heteroatoms. The molecule has 1 radical (unpaired) electrons. The fraction of sp³-hybridized carbons (Fsp3) is 0.429. The number of carbonyl (C=O) groups excluding carboxylic acids is 1. The first-order valence-electron chi connectivity index (χ1n) is 2.98. The summed E-state index contributed by atoms with van der Waals surface area (Å²) in [6, 6.07) is 0. The van der Waals surface area contributed by atoms with Gasteiger partial charge in [0.15, 0.2) is 0 Å². The third-order valence-corrected chi connectivity index (χ3v) is 0.767. The van der Waals surface area contributed by atoms with Crippen molar-refractivity contribution in [2.45, 2.75) is 13.2 Å². The molecule has 0 rings (SSSR count). The lowest BCUT2D eigenvalue weighted by Crippen LogP contribution is -2.16. The Morgan fingerprint density at radius 1 is 1.80 bits per heavy atom. The van der Waals surface area contributed by atoms with Gasteiger partial charge in [0.05, 0.1) is 0 Å². The fourth-order valence-electron chi connectivity index (χ4n) is 0.398. The zero-order chi connectivity index (χ0) is 7.98. The molecule has 0 N–H and O–H groups in total. The molecule has 1 atom stereocenters. The van der Waals surface area contributed by atoms with Gasteiger partial charge in [-0.1, -0.05) is 6.58 Å². The van der Waals surface area contributed by atoms with Crippen molar-refractivity contribution in [3.8, 4) is 0 Å². The van der Waals surface area contributed by atoms with Crippen molar-refractivity contribution < 1.29 is 14.3 Å². The SMILES string of the molecule is [CH2]C(OCC)OC(=O)C=C. The second-order valence-corrected chi connectivity index (χ2v) is 1.53. The van der Waals surface area contributed by atoms with Crippen LogP contribution in [-0.2, 0) is 14.3 Å². The summed E-state index contributed by atoms with van der Waals surface area (Å²) in [5, 5.41) is 0. The Morgan fingerprint density at radius 2 is 2.40 bits per heavy atom. The van der Waals surface area contributed by atoms with E-state index in [1.807, 2.05) is 0 Å². The van der Waals surface area contributed by atoms with Gasteiger partial charge in [-0.05, 0) is 6.92 Å². The molecule has 0 aliphatic heterocycles. The highest BCUT2D eigenvalue weighted by Gasteiger charge is 2.03. The third-order valence-electron chi connectivity index (χ3n) is 0.767. The molecule has 0 aromatic heterocycles. The molecule has 57 valence electrons. The van der Waals surface area contributed by atoms with Gasteiger partial charge in [0, 0.05) is 19.6 Å². The summed E-state index contributed by atoms with van der Waals surface area (Å²) in [5.74, 6) is -0.520. The fourth-order valence-corrected chi connectivity index (χ4v) is 0.398. The molecule has 0 aromatic carbocycles. The first-order valence-corrected chi connectivity index (χ1v) is 2.98.